The van der Waals surface area contributed by atoms with Gasteiger partial charge in [-0.05, 0) is 13.0 Å². The zero-order chi connectivity index (χ0) is 9.97. The molecule has 0 atom stereocenters. The average Bonchev–Trinajstić information content (AvgIpc) is 2.69. The molecular weight excluding hydrogens is 178 g/mol. The van der Waals surface area contributed by atoms with Crippen molar-refractivity contribution >= 4 is 0 Å². The van der Waals surface area contributed by atoms with Gasteiger partial charge in [-0.3, -0.25) is 0 Å². The minimum absolute atomic E-state index is 0.572. The van der Waals surface area contributed by atoms with E-state index >= 15 is 0 Å². The molecule has 2 aromatic rings. The molecule has 2 heterocycles. The van der Waals surface area contributed by atoms with E-state index in [1.54, 1.807) is 18.5 Å². The van der Waals surface area contributed by atoms with Gasteiger partial charge in [0, 0.05) is 11.8 Å². The molecule has 0 unspecified atom stereocenters. The maximum Gasteiger partial charge on any atom is 0.156 e. The Morgan fingerprint density at radius 1 is 1.43 bits per heavy atom. The van der Waals surface area contributed by atoms with E-state index in [-0.39, 0.29) is 0 Å². The molecular formula is C9H7N5. The lowest BCUT2D eigenvalue weighted by Crippen LogP contribution is -1.99. The molecule has 0 aliphatic rings. The average molecular weight is 185 g/mol. The first kappa shape index (κ1) is 8.38. The minimum Gasteiger partial charge on any atom is -0.234 e. The SMILES string of the molecule is Cc1cc(C#N)cc(-n2cncn2)n1. The lowest BCUT2D eigenvalue weighted by molar-refractivity contribution is 0.838. The molecule has 14 heavy (non-hydrogen) atoms. The second kappa shape index (κ2) is 3.26. The topological polar surface area (TPSA) is 67.4 Å². The van der Waals surface area contributed by atoms with Gasteiger partial charge in [0.05, 0.1) is 11.6 Å². The Morgan fingerprint density at radius 3 is 2.93 bits per heavy atom. The number of rotatable bonds is 1. The van der Waals surface area contributed by atoms with Crippen LogP contribution in [0.15, 0.2) is 24.8 Å². The third-order valence-corrected chi connectivity index (χ3v) is 1.72. The molecule has 5 nitrogen and oxygen atoms in total. The lowest BCUT2D eigenvalue weighted by Gasteiger charge is -2.00. The Labute approximate surface area is 80.7 Å². The van der Waals surface area contributed by atoms with Crippen molar-refractivity contribution in [1.82, 2.24) is 19.7 Å². The van der Waals surface area contributed by atoms with Gasteiger partial charge >= 0.3 is 0 Å². The van der Waals surface area contributed by atoms with Crippen LogP contribution in [-0.4, -0.2) is 19.7 Å². The summed E-state index contributed by atoms with van der Waals surface area (Å²) in [5.74, 6) is 0.610. The van der Waals surface area contributed by atoms with Gasteiger partial charge in [-0.1, -0.05) is 0 Å². The van der Waals surface area contributed by atoms with E-state index in [2.05, 4.69) is 21.1 Å². The summed E-state index contributed by atoms with van der Waals surface area (Å²) in [6, 6.07) is 5.46. The smallest absolute Gasteiger partial charge is 0.156 e. The molecule has 0 spiro atoms. The second-order valence-electron chi connectivity index (χ2n) is 2.81. The number of hydrogen-bond acceptors (Lipinski definition) is 4. The van der Waals surface area contributed by atoms with E-state index in [0.29, 0.717) is 11.4 Å². The van der Waals surface area contributed by atoms with Crippen LogP contribution in [0.2, 0.25) is 0 Å². The maximum atomic E-state index is 8.76. The highest BCUT2D eigenvalue weighted by atomic mass is 15.3. The van der Waals surface area contributed by atoms with Gasteiger partial charge in [-0.15, -0.1) is 0 Å². The van der Waals surface area contributed by atoms with E-state index in [0.717, 1.165) is 5.69 Å². The maximum absolute atomic E-state index is 8.76. The number of nitriles is 1. The molecule has 0 N–H and O–H groups in total. The Kier molecular flexibility index (Phi) is 1.95. The predicted molar refractivity (Wildman–Crippen MR) is 48.6 cm³/mol. The number of nitrogens with zero attached hydrogens (tertiary/aromatic N) is 5. The minimum atomic E-state index is 0.572. The molecule has 0 bridgehead atoms. The van der Waals surface area contributed by atoms with Crippen LogP contribution in [0.3, 0.4) is 0 Å². The van der Waals surface area contributed by atoms with Crippen molar-refractivity contribution < 1.29 is 0 Å². The van der Waals surface area contributed by atoms with Gasteiger partial charge in [-0.2, -0.15) is 10.4 Å². The fourth-order valence-corrected chi connectivity index (χ4v) is 1.16. The monoisotopic (exact) mass is 185 g/mol. The van der Waals surface area contributed by atoms with Crippen molar-refractivity contribution in [2.24, 2.45) is 0 Å². The van der Waals surface area contributed by atoms with Crippen LogP contribution in [0.4, 0.5) is 0 Å². The molecule has 0 fully saturated rings. The molecule has 0 saturated heterocycles. The third kappa shape index (κ3) is 1.45. The molecule has 0 saturated carbocycles. The molecule has 68 valence electrons. The molecule has 2 rings (SSSR count). The highest BCUT2D eigenvalue weighted by Gasteiger charge is 2.01. The first-order valence-corrected chi connectivity index (χ1v) is 4.03. The van der Waals surface area contributed by atoms with Gasteiger partial charge in [0.2, 0.25) is 0 Å². The number of pyridine rings is 1. The molecule has 0 aliphatic carbocycles. The quantitative estimate of drug-likeness (QED) is 0.660. The zero-order valence-electron chi connectivity index (χ0n) is 7.55. The summed E-state index contributed by atoms with van der Waals surface area (Å²) in [5.41, 5.74) is 1.36. The molecule has 0 radical (unpaired) electrons. The molecule has 0 amide bonds. The van der Waals surface area contributed by atoms with Crippen LogP contribution >= 0.6 is 0 Å². The van der Waals surface area contributed by atoms with Gasteiger partial charge in [0.1, 0.15) is 12.7 Å². The molecule has 0 aliphatic heterocycles. The Morgan fingerprint density at radius 2 is 2.29 bits per heavy atom. The van der Waals surface area contributed by atoms with Crippen LogP contribution in [0.1, 0.15) is 11.3 Å². The first-order chi connectivity index (χ1) is 6.79. The molecule has 5 heteroatoms. The van der Waals surface area contributed by atoms with Crippen molar-refractivity contribution in [3.8, 4) is 11.9 Å². The summed E-state index contributed by atoms with van der Waals surface area (Å²) in [4.78, 5) is 8.05. The summed E-state index contributed by atoms with van der Waals surface area (Å²) >= 11 is 0. The lowest BCUT2D eigenvalue weighted by atomic mass is 10.2. The second-order valence-corrected chi connectivity index (χ2v) is 2.81. The highest BCUT2D eigenvalue weighted by molar-refractivity contribution is 5.37. The van der Waals surface area contributed by atoms with Crippen molar-refractivity contribution in [3.05, 3.63) is 36.0 Å². The van der Waals surface area contributed by atoms with E-state index in [4.69, 9.17) is 5.26 Å². The van der Waals surface area contributed by atoms with Crippen LogP contribution in [0.5, 0.6) is 0 Å². The molecule has 0 aromatic carbocycles. The molecule has 2 aromatic heterocycles. The van der Waals surface area contributed by atoms with Crippen LogP contribution < -0.4 is 0 Å². The van der Waals surface area contributed by atoms with E-state index in [9.17, 15) is 0 Å². The fraction of sp³-hybridized carbons (Fsp3) is 0.111. The summed E-state index contributed by atoms with van der Waals surface area (Å²) in [6.45, 7) is 1.83. The Balaban J connectivity index is 2.55. The summed E-state index contributed by atoms with van der Waals surface area (Å²) < 4.78 is 1.52. The van der Waals surface area contributed by atoms with Gasteiger partial charge in [0.15, 0.2) is 5.82 Å². The van der Waals surface area contributed by atoms with E-state index < -0.39 is 0 Å². The van der Waals surface area contributed by atoms with Crippen LogP contribution in [-0.2, 0) is 0 Å². The van der Waals surface area contributed by atoms with Crippen molar-refractivity contribution in [2.45, 2.75) is 6.92 Å². The largest absolute Gasteiger partial charge is 0.234 e. The Bertz CT molecular complexity index is 480. The summed E-state index contributed by atoms with van der Waals surface area (Å²) in [5, 5.41) is 12.7. The van der Waals surface area contributed by atoms with Gasteiger partial charge < -0.3 is 0 Å². The zero-order valence-corrected chi connectivity index (χ0v) is 7.55. The summed E-state index contributed by atoms with van der Waals surface area (Å²) in [6.07, 6.45) is 2.97. The number of aromatic nitrogens is 4. The van der Waals surface area contributed by atoms with Crippen molar-refractivity contribution in [3.63, 3.8) is 0 Å². The van der Waals surface area contributed by atoms with E-state index in [1.807, 2.05) is 6.92 Å². The Hall–Kier alpha value is -2.22. The number of hydrogen-bond donors (Lipinski definition) is 0. The highest BCUT2D eigenvalue weighted by Crippen LogP contribution is 2.07. The van der Waals surface area contributed by atoms with Crippen molar-refractivity contribution in [1.29, 1.82) is 5.26 Å². The van der Waals surface area contributed by atoms with Gasteiger partial charge in [0.25, 0.3) is 0 Å². The van der Waals surface area contributed by atoms with E-state index in [1.165, 1.54) is 11.0 Å². The first-order valence-electron chi connectivity index (χ1n) is 4.03. The van der Waals surface area contributed by atoms with Crippen molar-refractivity contribution in [2.75, 3.05) is 0 Å². The van der Waals surface area contributed by atoms with Crippen LogP contribution in [0.25, 0.3) is 5.82 Å². The predicted octanol–water partition coefficient (Wildman–Crippen LogP) is 0.842. The fourth-order valence-electron chi connectivity index (χ4n) is 1.16. The normalized spacial score (nSPS) is 9.71. The van der Waals surface area contributed by atoms with Crippen LogP contribution in [0, 0.1) is 18.3 Å². The standard InChI is InChI=1S/C9H7N5/c1-7-2-8(4-10)3-9(13-7)14-6-11-5-12-14/h2-3,5-6H,1H3. The number of aryl methyl sites for hydroxylation is 1. The summed E-state index contributed by atoms with van der Waals surface area (Å²) in [7, 11) is 0. The third-order valence-electron chi connectivity index (χ3n) is 1.72. The van der Waals surface area contributed by atoms with Gasteiger partial charge in [-0.25, -0.2) is 14.6 Å².